The third-order valence-electron chi connectivity index (χ3n) is 0.976. The maximum atomic E-state index is 8.82. The molecule has 0 aliphatic carbocycles. The molecule has 0 saturated heterocycles. The fourth-order valence-electron chi connectivity index (χ4n) is 0.428. The highest BCUT2D eigenvalue weighted by Gasteiger charge is 1.95. The van der Waals surface area contributed by atoms with Gasteiger partial charge in [0.15, 0.2) is 0 Å². The zero-order valence-electron chi connectivity index (χ0n) is 5.01. The second kappa shape index (κ2) is 4.81. The van der Waals surface area contributed by atoms with E-state index in [-0.39, 0.29) is 6.10 Å². The van der Waals surface area contributed by atoms with Gasteiger partial charge in [-0.2, -0.15) is 0 Å². The molecule has 2 heteroatoms. The maximum absolute atomic E-state index is 8.82. The molecule has 1 atom stereocenters. The summed E-state index contributed by atoms with van der Waals surface area (Å²) in [6.45, 7) is 3.87. The Morgan fingerprint density at radius 1 is 1.75 bits per heavy atom. The van der Waals surface area contributed by atoms with Crippen molar-refractivity contribution in [3.63, 3.8) is 0 Å². The summed E-state index contributed by atoms with van der Waals surface area (Å²) in [5.74, 6) is 0. The zero-order valence-corrected chi connectivity index (χ0v) is 5.01. The third kappa shape index (κ3) is 3.84. The normalized spacial score (nSPS) is 13.2. The topological polar surface area (TPSA) is 46.2 Å². The maximum Gasteiger partial charge on any atom is 0.0665 e. The van der Waals surface area contributed by atoms with E-state index >= 15 is 0 Å². The standard InChI is InChI=1S/C6H13NO/c1-2-3-4-6(8)5-7/h2,6,8H,1,3-5,7H2/t6-/m1/s1. The molecule has 3 N–H and O–H groups in total. The van der Waals surface area contributed by atoms with E-state index in [0.29, 0.717) is 6.54 Å². The molecule has 2 nitrogen and oxygen atoms in total. The van der Waals surface area contributed by atoms with E-state index in [2.05, 4.69) is 6.58 Å². The monoisotopic (exact) mass is 115 g/mol. The van der Waals surface area contributed by atoms with E-state index in [4.69, 9.17) is 10.8 Å². The predicted molar refractivity (Wildman–Crippen MR) is 34.5 cm³/mol. The Balaban J connectivity index is 2.97. The van der Waals surface area contributed by atoms with Crippen LogP contribution in [0.2, 0.25) is 0 Å². The minimum Gasteiger partial charge on any atom is -0.392 e. The summed E-state index contributed by atoms with van der Waals surface area (Å²) in [7, 11) is 0. The molecular formula is C6H13NO. The van der Waals surface area contributed by atoms with Crippen LogP contribution in [0.5, 0.6) is 0 Å². The number of hydrogen-bond donors (Lipinski definition) is 2. The fourth-order valence-corrected chi connectivity index (χ4v) is 0.428. The van der Waals surface area contributed by atoms with Crippen LogP contribution in [0, 0.1) is 0 Å². The van der Waals surface area contributed by atoms with Crippen LogP contribution in [0.1, 0.15) is 12.8 Å². The molecule has 0 unspecified atom stereocenters. The van der Waals surface area contributed by atoms with Gasteiger partial charge in [0.05, 0.1) is 6.10 Å². The van der Waals surface area contributed by atoms with Crippen molar-refractivity contribution >= 4 is 0 Å². The number of rotatable bonds is 4. The van der Waals surface area contributed by atoms with Gasteiger partial charge in [-0.3, -0.25) is 0 Å². The van der Waals surface area contributed by atoms with Gasteiger partial charge >= 0.3 is 0 Å². The molecule has 0 amide bonds. The molecule has 0 heterocycles. The average molecular weight is 115 g/mol. The minimum atomic E-state index is -0.340. The van der Waals surface area contributed by atoms with Crippen LogP contribution in [-0.4, -0.2) is 17.8 Å². The van der Waals surface area contributed by atoms with E-state index in [1.165, 1.54) is 0 Å². The van der Waals surface area contributed by atoms with Gasteiger partial charge in [0.2, 0.25) is 0 Å². The van der Waals surface area contributed by atoms with Crippen molar-refractivity contribution in [1.82, 2.24) is 0 Å². The summed E-state index contributed by atoms with van der Waals surface area (Å²) in [4.78, 5) is 0. The number of aliphatic hydroxyl groups is 1. The summed E-state index contributed by atoms with van der Waals surface area (Å²) in [6.07, 6.45) is 3.02. The van der Waals surface area contributed by atoms with Crippen molar-refractivity contribution < 1.29 is 5.11 Å². The van der Waals surface area contributed by atoms with Gasteiger partial charge in [0.25, 0.3) is 0 Å². The molecule has 0 radical (unpaired) electrons. The summed E-state index contributed by atoms with van der Waals surface area (Å²) < 4.78 is 0. The fraction of sp³-hybridized carbons (Fsp3) is 0.667. The van der Waals surface area contributed by atoms with Gasteiger partial charge in [0, 0.05) is 6.54 Å². The molecule has 48 valence electrons. The van der Waals surface area contributed by atoms with Crippen LogP contribution >= 0.6 is 0 Å². The number of aliphatic hydroxyl groups excluding tert-OH is 1. The second-order valence-corrected chi connectivity index (χ2v) is 1.76. The average Bonchev–Trinajstić information content (AvgIpc) is 1.83. The Bertz CT molecular complexity index is 63.5. The Morgan fingerprint density at radius 2 is 2.38 bits per heavy atom. The molecule has 0 rings (SSSR count). The van der Waals surface area contributed by atoms with Gasteiger partial charge in [-0.15, -0.1) is 6.58 Å². The molecule has 0 saturated carbocycles. The molecule has 0 aliphatic rings. The molecule has 0 fully saturated rings. The van der Waals surface area contributed by atoms with E-state index in [1.807, 2.05) is 0 Å². The van der Waals surface area contributed by atoms with Crippen LogP contribution in [-0.2, 0) is 0 Å². The highest BCUT2D eigenvalue weighted by atomic mass is 16.3. The third-order valence-corrected chi connectivity index (χ3v) is 0.976. The zero-order chi connectivity index (χ0) is 6.41. The van der Waals surface area contributed by atoms with Crippen LogP contribution in [0.15, 0.2) is 12.7 Å². The first kappa shape index (κ1) is 7.66. The van der Waals surface area contributed by atoms with Gasteiger partial charge in [-0.1, -0.05) is 6.08 Å². The van der Waals surface area contributed by atoms with Gasteiger partial charge in [-0.05, 0) is 12.8 Å². The largest absolute Gasteiger partial charge is 0.392 e. The first-order chi connectivity index (χ1) is 3.81. The first-order valence-corrected chi connectivity index (χ1v) is 2.80. The molecule has 0 spiro atoms. The van der Waals surface area contributed by atoms with E-state index in [9.17, 15) is 0 Å². The molecule has 0 aromatic rings. The Morgan fingerprint density at radius 3 is 2.75 bits per heavy atom. The first-order valence-electron chi connectivity index (χ1n) is 2.80. The number of allylic oxidation sites excluding steroid dienone is 1. The SMILES string of the molecule is C=CCC[C@@H](O)CN. The van der Waals surface area contributed by atoms with Crippen molar-refractivity contribution in [2.45, 2.75) is 18.9 Å². The Labute approximate surface area is 50.0 Å². The lowest BCUT2D eigenvalue weighted by Gasteiger charge is -2.02. The van der Waals surface area contributed by atoms with Gasteiger partial charge in [-0.25, -0.2) is 0 Å². The lowest BCUT2D eigenvalue weighted by molar-refractivity contribution is 0.174. The summed E-state index contributed by atoms with van der Waals surface area (Å²) in [5.41, 5.74) is 5.13. The van der Waals surface area contributed by atoms with Gasteiger partial charge < -0.3 is 10.8 Å². The highest BCUT2D eigenvalue weighted by Crippen LogP contribution is 1.93. The lowest BCUT2D eigenvalue weighted by Crippen LogP contribution is -2.18. The van der Waals surface area contributed by atoms with Crippen molar-refractivity contribution in [2.24, 2.45) is 5.73 Å². The lowest BCUT2D eigenvalue weighted by atomic mass is 10.2. The summed E-state index contributed by atoms with van der Waals surface area (Å²) in [6, 6.07) is 0. The molecule has 0 aromatic carbocycles. The Kier molecular flexibility index (Phi) is 4.61. The van der Waals surface area contributed by atoms with Gasteiger partial charge in [0.1, 0.15) is 0 Å². The number of nitrogens with two attached hydrogens (primary N) is 1. The molecular weight excluding hydrogens is 102 g/mol. The highest BCUT2D eigenvalue weighted by molar-refractivity contribution is 4.68. The Hall–Kier alpha value is -0.340. The van der Waals surface area contributed by atoms with Crippen LogP contribution in [0.4, 0.5) is 0 Å². The molecule has 0 bridgehead atoms. The minimum absolute atomic E-state index is 0.340. The van der Waals surface area contributed by atoms with Crippen molar-refractivity contribution in [3.8, 4) is 0 Å². The van der Waals surface area contributed by atoms with Crippen molar-refractivity contribution in [1.29, 1.82) is 0 Å². The molecule has 8 heavy (non-hydrogen) atoms. The van der Waals surface area contributed by atoms with Crippen LogP contribution < -0.4 is 5.73 Å². The molecule has 0 aromatic heterocycles. The van der Waals surface area contributed by atoms with Crippen molar-refractivity contribution in [2.75, 3.05) is 6.54 Å². The van der Waals surface area contributed by atoms with Crippen molar-refractivity contribution in [3.05, 3.63) is 12.7 Å². The quantitative estimate of drug-likeness (QED) is 0.517. The second-order valence-electron chi connectivity index (χ2n) is 1.76. The molecule has 0 aliphatic heterocycles. The van der Waals surface area contributed by atoms with E-state index in [0.717, 1.165) is 12.8 Å². The number of hydrogen-bond acceptors (Lipinski definition) is 2. The summed E-state index contributed by atoms with van der Waals surface area (Å²) >= 11 is 0. The van der Waals surface area contributed by atoms with E-state index < -0.39 is 0 Å². The van der Waals surface area contributed by atoms with E-state index in [1.54, 1.807) is 6.08 Å². The summed E-state index contributed by atoms with van der Waals surface area (Å²) in [5, 5.41) is 8.82. The smallest absolute Gasteiger partial charge is 0.0665 e. The van der Waals surface area contributed by atoms with Crippen LogP contribution in [0.25, 0.3) is 0 Å². The van der Waals surface area contributed by atoms with Crippen LogP contribution in [0.3, 0.4) is 0 Å². The predicted octanol–water partition coefficient (Wildman–Crippen LogP) is 0.272.